The smallest absolute Gasteiger partial charge is 0.326 e. The second-order valence-electron chi connectivity index (χ2n) is 4.92. The summed E-state index contributed by atoms with van der Waals surface area (Å²) < 4.78 is 4.94. The van der Waals surface area contributed by atoms with Crippen molar-refractivity contribution >= 4 is 12.0 Å². The highest BCUT2D eigenvalue weighted by Crippen LogP contribution is 2.17. The molecule has 2 amide bonds. The summed E-state index contributed by atoms with van der Waals surface area (Å²) in [5, 5.41) is 21.1. The quantitative estimate of drug-likeness (QED) is 0.544. The van der Waals surface area contributed by atoms with E-state index in [0.717, 1.165) is 6.54 Å². The fourth-order valence-corrected chi connectivity index (χ4v) is 2.09. The fraction of sp³-hybridized carbons (Fsp3) is 0.833. The molecule has 116 valence electrons. The summed E-state index contributed by atoms with van der Waals surface area (Å²) in [7, 11) is 3.53. The molecule has 0 spiro atoms. The maximum atomic E-state index is 11.9. The summed E-state index contributed by atoms with van der Waals surface area (Å²) in [4.78, 5) is 26.1. The lowest BCUT2D eigenvalue weighted by atomic mass is 10.2. The molecule has 1 heterocycles. The first-order chi connectivity index (χ1) is 9.45. The standard InChI is InChI=1S/C12H23N3O5/c1-14(5-6-20-2)4-3-13-12(19)15-8-9(16)7-10(15)11(17)18/h9-10,16H,3-8H2,1-2H3,(H,13,19)(H,17,18)/t9-,10-/m0/s1. The number of ether oxygens (including phenoxy) is 1. The number of rotatable bonds is 7. The number of nitrogens with zero attached hydrogens (tertiary/aromatic N) is 2. The van der Waals surface area contributed by atoms with E-state index in [2.05, 4.69) is 5.32 Å². The average molecular weight is 289 g/mol. The van der Waals surface area contributed by atoms with Gasteiger partial charge in [0.05, 0.1) is 12.7 Å². The molecule has 0 aliphatic carbocycles. The molecule has 1 aliphatic rings. The summed E-state index contributed by atoms with van der Waals surface area (Å²) >= 11 is 0. The van der Waals surface area contributed by atoms with Crippen LogP contribution in [-0.2, 0) is 9.53 Å². The Hall–Kier alpha value is -1.38. The van der Waals surface area contributed by atoms with E-state index in [4.69, 9.17) is 9.84 Å². The number of urea groups is 1. The Morgan fingerprint density at radius 3 is 2.75 bits per heavy atom. The maximum absolute atomic E-state index is 11.9. The number of carboxylic acid groups (broad SMARTS) is 1. The van der Waals surface area contributed by atoms with E-state index in [0.29, 0.717) is 19.7 Å². The van der Waals surface area contributed by atoms with E-state index < -0.39 is 24.1 Å². The largest absolute Gasteiger partial charge is 0.480 e. The molecule has 0 aromatic carbocycles. The molecule has 8 nitrogen and oxygen atoms in total. The molecule has 0 unspecified atom stereocenters. The lowest BCUT2D eigenvalue weighted by Gasteiger charge is -2.22. The highest BCUT2D eigenvalue weighted by molar-refractivity contribution is 5.83. The lowest BCUT2D eigenvalue weighted by molar-refractivity contribution is -0.141. The van der Waals surface area contributed by atoms with Crippen LogP contribution in [0.15, 0.2) is 0 Å². The molecule has 8 heteroatoms. The number of amides is 2. The molecule has 0 saturated carbocycles. The molecule has 2 atom stereocenters. The van der Waals surface area contributed by atoms with Crippen LogP contribution in [0.25, 0.3) is 0 Å². The number of aliphatic carboxylic acids is 1. The number of nitrogens with one attached hydrogen (secondary N) is 1. The van der Waals surface area contributed by atoms with Crippen LogP contribution in [0.2, 0.25) is 0 Å². The first-order valence-corrected chi connectivity index (χ1v) is 6.58. The van der Waals surface area contributed by atoms with E-state index in [1.54, 1.807) is 7.11 Å². The summed E-state index contributed by atoms with van der Waals surface area (Å²) in [6, 6.07) is -1.40. The molecule has 0 aromatic heterocycles. The topological polar surface area (TPSA) is 102 Å². The van der Waals surface area contributed by atoms with Crippen molar-refractivity contribution in [3.8, 4) is 0 Å². The van der Waals surface area contributed by atoms with Crippen molar-refractivity contribution in [3.63, 3.8) is 0 Å². The molecule has 20 heavy (non-hydrogen) atoms. The van der Waals surface area contributed by atoms with Crippen molar-refractivity contribution in [2.45, 2.75) is 18.6 Å². The number of methoxy groups -OCH3 is 1. The van der Waals surface area contributed by atoms with Crippen LogP contribution in [0, 0.1) is 0 Å². The van der Waals surface area contributed by atoms with E-state index >= 15 is 0 Å². The highest BCUT2D eigenvalue weighted by atomic mass is 16.5. The number of likely N-dealkylation sites (tertiary alicyclic amines) is 1. The van der Waals surface area contributed by atoms with Crippen LogP contribution in [0.1, 0.15) is 6.42 Å². The monoisotopic (exact) mass is 289 g/mol. The van der Waals surface area contributed by atoms with Crippen LogP contribution in [-0.4, -0.2) is 91.1 Å². The van der Waals surface area contributed by atoms with Gasteiger partial charge >= 0.3 is 12.0 Å². The second-order valence-corrected chi connectivity index (χ2v) is 4.92. The van der Waals surface area contributed by atoms with Gasteiger partial charge in [0.25, 0.3) is 0 Å². The van der Waals surface area contributed by atoms with Crippen molar-refractivity contribution < 1.29 is 24.5 Å². The van der Waals surface area contributed by atoms with Crippen molar-refractivity contribution in [3.05, 3.63) is 0 Å². The number of β-amino-alcohol motifs (C(OH)–C–C–N with tert-alkyl or cyclic N) is 1. The minimum absolute atomic E-state index is 0.0579. The zero-order valence-corrected chi connectivity index (χ0v) is 11.9. The fourth-order valence-electron chi connectivity index (χ4n) is 2.09. The molecule has 0 bridgehead atoms. The van der Waals surface area contributed by atoms with E-state index in [1.807, 2.05) is 11.9 Å². The van der Waals surface area contributed by atoms with E-state index in [-0.39, 0.29) is 13.0 Å². The third kappa shape index (κ3) is 4.95. The van der Waals surface area contributed by atoms with Gasteiger partial charge in [0.15, 0.2) is 0 Å². The number of likely N-dealkylation sites (N-methyl/N-ethyl adjacent to an activating group) is 1. The normalized spacial score (nSPS) is 22.3. The average Bonchev–Trinajstić information content (AvgIpc) is 2.78. The predicted molar refractivity (Wildman–Crippen MR) is 71.5 cm³/mol. The Labute approximate surface area is 118 Å². The Bertz CT molecular complexity index is 339. The minimum atomic E-state index is -1.09. The predicted octanol–water partition coefficient (Wildman–Crippen LogP) is -1.21. The second kappa shape index (κ2) is 8.03. The Morgan fingerprint density at radius 1 is 1.45 bits per heavy atom. The minimum Gasteiger partial charge on any atom is -0.480 e. The van der Waals surface area contributed by atoms with Crippen LogP contribution < -0.4 is 5.32 Å². The van der Waals surface area contributed by atoms with Gasteiger partial charge in [-0.15, -0.1) is 0 Å². The molecule has 1 saturated heterocycles. The van der Waals surface area contributed by atoms with Gasteiger partial charge in [0.1, 0.15) is 6.04 Å². The van der Waals surface area contributed by atoms with Gasteiger partial charge in [-0.05, 0) is 7.05 Å². The number of carbonyl (C=O) groups excluding carboxylic acids is 1. The third-order valence-electron chi connectivity index (χ3n) is 3.27. The summed E-state index contributed by atoms with van der Waals surface area (Å²) in [6.07, 6.45) is -0.692. The SMILES string of the molecule is COCCN(C)CCNC(=O)N1C[C@@H](O)C[C@H]1C(=O)O. The van der Waals surface area contributed by atoms with Gasteiger partial charge in [-0.1, -0.05) is 0 Å². The first kappa shape index (κ1) is 16.7. The van der Waals surface area contributed by atoms with Gasteiger partial charge in [0.2, 0.25) is 0 Å². The van der Waals surface area contributed by atoms with Gasteiger partial charge in [-0.3, -0.25) is 0 Å². The molecule has 1 fully saturated rings. The molecule has 1 aliphatic heterocycles. The molecular weight excluding hydrogens is 266 g/mol. The van der Waals surface area contributed by atoms with Crippen LogP contribution in [0.5, 0.6) is 0 Å². The number of aliphatic hydroxyl groups excluding tert-OH is 1. The third-order valence-corrected chi connectivity index (χ3v) is 3.27. The zero-order valence-electron chi connectivity index (χ0n) is 11.9. The van der Waals surface area contributed by atoms with Crippen molar-refractivity contribution in [1.82, 2.24) is 15.1 Å². The zero-order chi connectivity index (χ0) is 15.1. The van der Waals surface area contributed by atoms with E-state index in [9.17, 15) is 14.7 Å². The molecule has 3 N–H and O–H groups in total. The van der Waals surface area contributed by atoms with Crippen molar-refractivity contribution in [2.75, 3.05) is 46.9 Å². The van der Waals surface area contributed by atoms with Crippen molar-refractivity contribution in [1.29, 1.82) is 0 Å². The van der Waals surface area contributed by atoms with Crippen molar-refractivity contribution in [2.24, 2.45) is 0 Å². The van der Waals surface area contributed by atoms with Crippen LogP contribution in [0.4, 0.5) is 4.79 Å². The summed E-state index contributed by atoms with van der Waals surface area (Å²) in [6.45, 7) is 2.49. The van der Waals surface area contributed by atoms with Gasteiger partial charge in [-0.25, -0.2) is 9.59 Å². The number of hydrogen-bond donors (Lipinski definition) is 3. The molecular formula is C12H23N3O5. The molecule has 0 radical (unpaired) electrons. The first-order valence-electron chi connectivity index (χ1n) is 6.58. The maximum Gasteiger partial charge on any atom is 0.326 e. The Balaban J connectivity index is 2.33. The van der Waals surface area contributed by atoms with Crippen LogP contribution in [0.3, 0.4) is 0 Å². The number of carbonyl (C=O) groups is 2. The lowest BCUT2D eigenvalue weighted by Crippen LogP contribution is -2.47. The number of hydrogen-bond acceptors (Lipinski definition) is 5. The van der Waals surface area contributed by atoms with Crippen LogP contribution >= 0.6 is 0 Å². The summed E-state index contributed by atoms with van der Waals surface area (Å²) in [5.74, 6) is -1.09. The van der Waals surface area contributed by atoms with Gasteiger partial charge in [-0.2, -0.15) is 0 Å². The number of aliphatic hydroxyl groups is 1. The van der Waals surface area contributed by atoms with E-state index in [1.165, 1.54) is 4.90 Å². The highest BCUT2D eigenvalue weighted by Gasteiger charge is 2.38. The number of carboxylic acids is 1. The summed E-state index contributed by atoms with van der Waals surface area (Å²) in [5.41, 5.74) is 0. The Kier molecular flexibility index (Phi) is 6.69. The Morgan fingerprint density at radius 2 is 2.15 bits per heavy atom. The van der Waals surface area contributed by atoms with Gasteiger partial charge in [0, 0.05) is 39.7 Å². The van der Waals surface area contributed by atoms with Gasteiger partial charge < -0.3 is 30.1 Å². The molecule has 1 rings (SSSR count). The molecule has 0 aromatic rings.